The third-order valence-corrected chi connectivity index (χ3v) is 2.22. The molecular formula is C10H10F. The topological polar surface area (TPSA) is 0 Å². The zero-order chi connectivity index (χ0) is 7.84. The molecule has 0 fully saturated rings. The van der Waals surface area contributed by atoms with Crippen LogP contribution in [0.1, 0.15) is 23.1 Å². The molecule has 1 heteroatoms. The molecule has 11 heavy (non-hydrogen) atoms. The molecule has 0 bridgehead atoms. The second-order valence-electron chi connectivity index (χ2n) is 3.07. The molecule has 0 spiro atoms. The van der Waals surface area contributed by atoms with Gasteiger partial charge in [0.05, 0.1) is 0 Å². The minimum Gasteiger partial charge on any atom is -0.207 e. The molecule has 0 N–H and O–H groups in total. The van der Waals surface area contributed by atoms with Crippen molar-refractivity contribution in [1.82, 2.24) is 0 Å². The second kappa shape index (κ2) is 2.33. The Kier molecular flexibility index (Phi) is 1.45. The van der Waals surface area contributed by atoms with E-state index in [0.717, 1.165) is 36.0 Å². The molecule has 0 aliphatic heterocycles. The lowest BCUT2D eigenvalue weighted by Gasteiger charge is -2.01. The third-order valence-electron chi connectivity index (χ3n) is 2.22. The van der Waals surface area contributed by atoms with E-state index < -0.39 is 0 Å². The summed E-state index contributed by atoms with van der Waals surface area (Å²) in [6.45, 7) is 3.72. The van der Waals surface area contributed by atoms with Crippen LogP contribution in [0.2, 0.25) is 0 Å². The lowest BCUT2D eigenvalue weighted by molar-refractivity contribution is 0.612. The Bertz CT molecular complexity index is 289. The van der Waals surface area contributed by atoms with E-state index in [1.807, 2.05) is 6.07 Å². The summed E-state index contributed by atoms with van der Waals surface area (Å²) in [5.74, 6) is -0.0648. The van der Waals surface area contributed by atoms with E-state index in [9.17, 15) is 4.39 Å². The molecule has 1 aliphatic rings. The SMILES string of the molecule is [CH2]c1cc(F)c2c(c1)CCC2. The molecule has 1 radical (unpaired) electrons. The average Bonchev–Trinajstić information content (AvgIpc) is 2.34. The van der Waals surface area contributed by atoms with E-state index in [0.29, 0.717) is 0 Å². The van der Waals surface area contributed by atoms with Crippen molar-refractivity contribution in [3.8, 4) is 0 Å². The minimum atomic E-state index is -0.0648. The van der Waals surface area contributed by atoms with Gasteiger partial charge in [-0.1, -0.05) is 6.07 Å². The molecule has 0 heterocycles. The zero-order valence-corrected chi connectivity index (χ0v) is 6.36. The van der Waals surface area contributed by atoms with Gasteiger partial charge in [0.15, 0.2) is 0 Å². The Morgan fingerprint density at radius 1 is 1.27 bits per heavy atom. The molecule has 57 valence electrons. The smallest absolute Gasteiger partial charge is 0.126 e. The van der Waals surface area contributed by atoms with Gasteiger partial charge >= 0.3 is 0 Å². The number of halogens is 1. The quantitative estimate of drug-likeness (QED) is 0.531. The predicted molar refractivity (Wildman–Crippen MR) is 42.9 cm³/mol. The highest BCUT2D eigenvalue weighted by Gasteiger charge is 2.14. The fourth-order valence-electron chi connectivity index (χ4n) is 1.71. The molecule has 1 aliphatic carbocycles. The van der Waals surface area contributed by atoms with Crippen LogP contribution in [-0.2, 0) is 12.8 Å². The summed E-state index contributed by atoms with van der Waals surface area (Å²) in [5, 5.41) is 0. The molecule has 0 amide bonds. The van der Waals surface area contributed by atoms with Gasteiger partial charge in [0.2, 0.25) is 0 Å². The third kappa shape index (κ3) is 1.05. The normalized spacial score (nSPS) is 15.1. The van der Waals surface area contributed by atoms with Crippen molar-refractivity contribution in [1.29, 1.82) is 0 Å². The zero-order valence-electron chi connectivity index (χ0n) is 6.36. The number of hydrogen-bond donors (Lipinski definition) is 0. The Labute approximate surface area is 66.1 Å². The van der Waals surface area contributed by atoms with Crippen LogP contribution < -0.4 is 0 Å². The molecule has 1 aromatic rings. The van der Waals surface area contributed by atoms with Crippen LogP contribution in [0.4, 0.5) is 4.39 Å². The first-order valence-electron chi connectivity index (χ1n) is 3.90. The first-order valence-corrected chi connectivity index (χ1v) is 3.90. The molecule has 0 saturated heterocycles. The fourth-order valence-corrected chi connectivity index (χ4v) is 1.71. The van der Waals surface area contributed by atoms with E-state index in [4.69, 9.17) is 0 Å². The number of benzene rings is 1. The van der Waals surface area contributed by atoms with Crippen LogP contribution in [0.5, 0.6) is 0 Å². The molecular weight excluding hydrogens is 139 g/mol. The van der Waals surface area contributed by atoms with Gasteiger partial charge in [0.1, 0.15) is 5.82 Å². The van der Waals surface area contributed by atoms with Crippen LogP contribution in [0.3, 0.4) is 0 Å². The Morgan fingerprint density at radius 3 is 2.91 bits per heavy atom. The van der Waals surface area contributed by atoms with Crippen molar-refractivity contribution in [3.05, 3.63) is 41.6 Å². The summed E-state index contributed by atoms with van der Waals surface area (Å²) < 4.78 is 13.1. The molecule has 1 aromatic carbocycles. The molecule has 0 atom stereocenters. The van der Waals surface area contributed by atoms with Crippen LogP contribution in [-0.4, -0.2) is 0 Å². The maximum absolute atomic E-state index is 13.1. The summed E-state index contributed by atoms with van der Waals surface area (Å²) in [6.07, 6.45) is 3.02. The van der Waals surface area contributed by atoms with E-state index in [-0.39, 0.29) is 5.82 Å². The first kappa shape index (κ1) is 6.84. The fraction of sp³-hybridized carbons (Fsp3) is 0.300. The summed E-state index contributed by atoms with van der Waals surface area (Å²) >= 11 is 0. The summed E-state index contributed by atoms with van der Waals surface area (Å²) in [5.41, 5.74) is 2.87. The van der Waals surface area contributed by atoms with Crippen LogP contribution in [0.25, 0.3) is 0 Å². The standard InChI is InChI=1S/C10H10F/c1-7-5-8-3-2-4-9(8)10(11)6-7/h5-6H,1-4H2. The van der Waals surface area contributed by atoms with Crippen molar-refractivity contribution in [2.24, 2.45) is 0 Å². The number of hydrogen-bond acceptors (Lipinski definition) is 0. The molecule has 0 aromatic heterocycles. The number of rotatable bonds is 0. The largest absolute Gasteiger partial charge is 0.207 e. The highest BCUT2D eigenvalue weighted by atomic mass is 19.1. The van der Waals surface area contributed by atoms with Crippen molar-refractivity contribution in [2.75, 3.05) is 0 Å². The van der Waals surface area contributed by atoms with Crippen LogP contribution in [0.15, 0.2) is 12.1 Å². The minimum absolute atomic E-state index is 0.0648. The number of fused-ring (bicyclic) bond motifs is 1. The van der Waals surface area contributed by atoms with Gasteiger partial charge in [-0.15, -0.1) is 0 Å². The Balaban J connectivity index is 2.60. The highest BCUT2D eigenvalue weighted by Crippen LogP contribution is 2.25. The van der Waals surface area contributed by atoms with Gasteiger partial charge in [0, 0.05) is 0 Å². The maximum Gasteiger partial charge on any atom is 0.126 e. The summed E-state index contributed by atoms with van der Waals surface area (Å²) in [7, 11) is 0. The van der Waals surface area contributed by atoms with Gasteiger partial charge in [-0.05, 0) is 48.9 Å². The van der Waals surface area contributed by atoms with Crippen LogP contribution in [0, 0.1) is 12.7 Å². The van der Waals surface area contributed by atoms with Gasteiger partial charge in [-0.2, -0.15) is 0 Å². The lowest BCUT2D eigenvalue weighted by Crippen LogP contribution is -1.89. The molecule has 0 unspecified atom stereocenters. The average molecular weight is 149 g/mol. The van der Waals surface area contributed by atoms with Crippen molar-refractivity contribution in [3.63, 3.8) is 0 Å². The Hall–Kier alpha value is -0.850. The maximum atomic E-state index is 13.1. The Morgan fingerprint density at radius 2 is 2.09 bits per heavy atom. The summed E-state index contributed by atoms with van der Waals surface area (Å²) in [6, 6.07) is 3.51. The van der Waals surface area contributed by atoms with Crippen molar-refractivity contribution >= 4 is 0 Å². The van der Waals surface area contributed by atoms with E-state index in [1.54, 1.807) is 0 Å². The first-order chi connectivity index (χ1) is 5.27. The number of aryl methyl sites for hydroxylation is 1. The van der Waals surface area contributed by atoms with E-state index in [2.05, 4.69) is 6.92 Å². The van der Waals surface area contributed by atoms with Gasteiger partial charge in [-0.3, -0.25) is 0 Å². The highest BCUT2D eigenvalue weighted by molar-refractivity contribution is 5.37. The van der Waals surface area contributed by atoms with Crippen molar-refractivity contribution in [2.45, 2.75) is 19.3 Å². The molecule has 0 saturated carbocycles. The van der Waals surface area contributed by atoms with E-state index in [1.165, 1.54) is 6.07 Å². The monoisotopic (exact) mass is 149 g/mol. The molecule has 0 nitrogen and oxygen atoms in total. The van der Waals surface area contributed by atoms with Crippen molar-refractivity contribution < 1.29 is 4.39 Å². The van der Waals surface area contributed by atoms with Gasteiger partial charge in [-0.25, -0.2) is 4.39 Å². The second-order valence-corrected chi connectivity index (χ2v) is 3.07. The van der Waals surface area contributed by atoms with Gasteiger partial charge in [0.25, 0.3) is 0 Å². The molecule has 2 rings (SSSR count). The van der Waals surface area contributed by atoms with E-state index >= 15 is 0 Å². The van der Waals surface area contributed by atoms with Gasteiger partial charge < -0.3 is 0 Å². The van der Waals surface area contributed by atoms with Crippen LogP contribution >= 0.6 is 0 Å². The lowest BCUT2D eigenvalue weighted by atomic mass is 10.1. The predicted octanol–water partition coefficient (Wildman–Crippen LogP) is 2.50. The summed E-state index contributed by atoms with van der Waals surface area (Å²) in [4.78, 5) is 0.